The van der Waals surface area contributed by atoms with E-state index in [9.17, 15) is 9.18 Å². The Morgan fingerprint density at radius 3 is 2.79 bits per heavy atom. The number of benzene rings is 2. The van der Waals surface area contributed by atoms with Crippen molar-refractivity contribution < 1.29 is 9.18 Å². The predicted octanol–water partition coefficient (Wildman–Crippen LogP) is 4.20. The maximum absolute atomic E-state index is 13.8. The molecule has 0 saturated heterocycles. The molecule has 1 aromatic heterocycles. The Hall–Kier alpha value is -2.47. The lowest BCUT2D eigenvalue weighted by molar-refractivity contribution is 0.102. The van der Waals surface area contributed by atoms with Crippen LogP contribution in [0.1, 0.15) is 21.5 Å². The molecule has 0 radical (unpaired) electrons. The molecule has 122 valence electrons. The lowest BCUT2D eigenvalue weighted by Crippen LogP contribution is -2.05. The maximum atomic E-state index is 13.8. The Morgan fingerprint density at radius 1 is 1.21 bits per heavy atom. The number of rotatable bonds is 5. The van der Waals surface area contributed by atoms with Crippen LogP contribution in [-0.4, -0.2) is 26.7 Å². The first-order chi connectivity index (χ1) is 11.5. The van der Waals surface area contributed by atoms with Crippen LogP contribution in [0, 0.1) is 19.7 Å². The minimum Gasteiger partial charge on any atom is -0.293 e. The largest absolute Gasteiger partial charge is 0.293 e. The normalized spacial score (nSPS) is 10.8. The molecule has 0 amide bonds. The zero-order valence-corrected chi connectivity index (χ0v) is 14.2. The van der Waals surface area contributed by atoms with Gasteiger partial charge in [-0.05, 0) is 37.6 Å². The number of H-pyrrole nitrogens is 1. The molecule has 4 nitrogen and oxygen atoms in total. The number of hydrogen-bond donors (Lipinski definition) is 1. The highest BCUT2D eigenvalue weighted by atomic mass is 32.2. The number of Topliss-reactive ketones (excluding diaryl/α,β-unsaturated/α-hetero) is 1. The number of nitrogens with zero attached hydrogens (tertiary/aromatic N) is 2. The molecule has 0 spiro atoms. The van der Waals surface area contributed by atoms with Crippen molar-refractivity contribution in [2.75, 3.05) is 5.75 Å². The van der Waals surface area contributed by atoms with Crippen molar-refractivity contribution in [2.24, 2.45) is 0 Å². The molecule has 3 aromatic rings. The molecule has 0 saturated carbocycles. The number of aromatic nitrogens is 3. The fourth-order valence-electron chi connectivity index (χ4n) is 2.33. The van der Waals surface area contributed by atoms with Gasteiger partial charge in [0.05, 0.1) is 11.3 Å². The van der Waals surface area contributed by atoms with Gasteiger partial charge in [-0.25, -0.2) is 9.37 Å². The highest BCUT2D eigenvalue weighted by molar-refractivity contribution is 7.99. The summed E-state index contributed by atoms with van der Waals surface area (Å²) >= 11 is 1.23. The van der Waals surface area contributed by atoms with Gasteiger partial charge in [0.2, 0.25) is 5.16 Å². The molecule has 0 aliphatic rings. The van der Waals surface area contributed by atoms with Crippen molar-refractivity contribution >= 4 is 17.5 Å². The van der Waals surface area contributed by atoms with E-state index in [4.69, 9.17) is 0 Å². The lowest BCUT2D eigenvalue weighted by Gasteiger charge is -2.05. The van der Waals surface area contributed by atoms with E-state index in [1.54, 1.807) is 18.2 Å². The minimum atomic E-state index is -0.364. The van der Waals surface area contributed by atoms with Gasteiger partial charge in [0.1, 0.15) is 5.82 Å². The van der Waals surface area contributed by atoms with Gasteiger partial charge in [-0.2, -0.15) is 0 Å². The van der Waals surface area contributed by atoms with Gasteiger partial charge in [-0.3, -0.25) is 9.89 Å². The maximum Gasteiger partial charge on any atom is 0.209 e. The number of aryl methyl sites for hydroxylation is 2. The van der Waals surface area contributed by atoms with E-state index in [-0.39, 0.29) is 17.4 Å². The summed E-state index contributed by atoms with van der Waals surface area (Å²) in [5, 5.41) is 7.18. The standard InChI is InChI=1S/C18H16FN3OS/c1-11-7-8-12(2)14(9-11)16(23)10-24-18-20-17(21-22-18)13-5-3-4-6-15(13)19/h3-9H,10H2,1-2H3,(H,20,21,22). The summed E-state index contributed by atoms with van der Waals surface area (Å²) in [5.74, 6) is 0.253. The number of halogens is 1. The molecule has 0 atom stereocenters. The average molecular weight is 341 g/mol. The topological polar surface area (TPSA) is 58.6 Å². The summed E-state index contributed by atoms with van der Waals surface area (Å²) in [6.45, 7) is 3.87. The Bertz CT molecular complexity index is 891. The Labute approximate surface area is 143 Å². The Morgan fingerprint density at radius 2 is 2.00 bits per heavy atom. The van der Waals surface area contributed by atoms with Crippen molar-refractivity contribution in [1.29, 1.82) is 0 Å². The van der Waals surface area contributed by atoms with E-state index in [1.165, 1.54) is 17.8 Å². The third-order valence-corrected chi connectivity index (χ3v) is 4.47. The number of nitrogens with one attached hydrogen (secondary N) is 1. The first-order valence-corrected chi connectivity index (χ1v) is 8.43. The van der Waals surface area contributed by atoms with Crippen LogP contribution in [-0.2, 0) is 0 Å². The SMILES string of the molecule is Cc1ccc(C)c(C(=O)CSc2n[nH]c(-c3ccccc3F)n2)c1. The van der Waals surface area contributed by atoms with Crippen LogP contribution in [0.3, 0.4) is 0 Å². The zero-order chi connectivity index (χ0) is 17.1. The highest BCUT2D eigenvalue weighted by Crippen LogP contribution is 2.22. The van der Waals surface area contributed by atoms with Crippen LogP contribution >= 0.6 is 11.8 Å². The van der Waals surface area contributed by atoms with Gasteiger partial charge in [0.15, 0.2) is 11.6 Å². The summed E-state index contributed by atoms with van der Waals surface area (Å²) in [4.78, 5) is 16.6. The second-order valence-electron chi connectivity index (χ2n) is 5.48. The predicted molar refractivity (Wildman–Crippen MR) is 92.7 cm³/mol. The monoisotopic (exact) mass is 341 g/mol. The van der Waals surface area contributed by atoms with Gasteiger partial charge in [-0.1, -0.05) is 41.6 Å². The molecular weight excluding hydrogens is 325 g/mol. The Kier molecular flexibility index (Phi) is 4.76. The third-order valence-electron chi connectivity index (χ3n) is 3.62. The van der Waals surface area contributed by atoms with Crippen LogP contribution < -0.4 is 0 Å². The fraction of sp³-hybridized carbons (Fsp3) is 0.167. The van der Waals surface area contributed by atoms with Crippen LogP contribution in [0.5, 0.6) is 0 Å². The first kappa shape index (κ1) is 16.4. The van der Waals surface area contributed by atoms with Gasteiger partial charge >= 0.3 is 0 Å². The number of ketones is 1. The van der Waals surface area contributed by atoms with Gasteiger partial charge < -0.3 is 0 Å². The summed E-state index contributed by atoms with van der Waals surface area (Å²) in [7, 11) is 0. The van der Waals surface area contributed by atoms with Gasteiger partial charge in [0, 0.05) is 5.56 Å². The van der Waals surface area contributed by atoms with E-state index in [0.29, 0.717) is 22.1 Å². The molecule has 0 aliphatic carbocycles. The van der Waals surface area contributed by atoms with E-state index < -0.39 is 0 Å². The van der Waals surface area contributed by atoms with Crippen molar-refractivity contribution in [3.63, 3.8) is 0 Å². The zero-order valence-electron chi connectivity index (χ0n) is 13.3. The second kappa shape index (κ2) is 6.97. The number of carbonyl (C=O) groups excluding carboxylic acids is 1. The average Bonchev–Trinajstić information content (AvgIpc) is 3.04. The third kappa shape index (κ3) is 3.54. The first-order valence-electron chi connectivity index (χ1n) is 7.45. The van der Waals surface area contributed by atoms with Crippen LogP contribution in [0.2, 0.25) is 0 Å². The molecule has 3 rings (SSSR count). The second-order valence-corrected chi connectivity index (χ2v) is 6.42. The molecule has 6 heteroatoms. The van der Waals surface area contributed by atoms with E-state index in [1.807, 2.05) is 32.0 Å². The van der Waals surface area contributed by atoms with E-state index in [0.717, 1.165) is 11.1 Å². The van der Waals surface area contributed by atoms with Gasteiger partial charge in [0.25, 0.3) is 0 Å². The van der Waals surface area contributed by atoms with Crippen molar-refractivity contribution in [2.45, 2.75) is 19.0 Å². The van der Waals surface area contributed by atoms with Crippen LogP contribution in [0.15, 0.2) is 47.6 Å². The van der Waals surface area contributed by atoms with E-state index >= 15 is 0 Å². The van der Waals surface area contributed by atoms with Crippen LogP contribution in [0.25, 0.3) is 11.4 Å². The minimum absolute atomic E-state index is 0.0263. The number of carbonyl (C=O) groups is 1. The van der Waals surface area contributed by atoms with E-state index in [2.05, 4.69) is 15.2 Å². The lowest BCUT2D eigenvalue weighted by atomic mass is 10.0. The summed E-state index contributed by atoms with van der Waals surface area (Å²) in [6.07, 6.45) is 0. The molecule has 0 aliphatic heterocycles. The summed E-state index contributed by atoms with van der Waals surface area (Å²) < 4.78 is 13.8. The number of thioether (sulfide) groups is 1. The molecule has 1 N–H and O–H groups in total. The quantitative estimate of drug-likeness (QED) is 0.558. The molecule has 0 fully saturated rings. The molecule has 0 bridgehead atoms. The molecule has 1 heterocycles. The molecule has 24 heavy (non-hydrogen) atoms. The summed E-state index contributed by atoms with van der Waals surface area (Å²) in [5.41, 5.74) is 3.08. The Balaban J connectivity index is 1.71. The van der Waals surface area contributed by atoms with Crippen molar-refractivity contribution in [3.8, 4) is 11.4 Å². The number of aromatic amines is 1. The number of hydrogen-bond acceptors (Lipinski definition) is 4. The van der Waals surface area contributed by atoms with Crippen LogP contribution in [0.4, 0.5) is 4.39 Å². The smallest absolute Gasteiger partial charge is 0.209 e. The molecule has 2 aromatic carbocycles. The van der Waals surface area contributed by atoms with Crippen molar-refractivity contribution in [1.82, 2.24) is 15.2 Å². The van der Waals surface area contributed by atoms with Gasteiger partial charge in [-0.15, -0.1) is 5.10 Å². The fourth-order valence-corrected chi connectivity index (χ4v) is 3.01. The van der Waals surface area contributed by atoms with Crippen molar-refractivity contribution in [3.05, 3.63) is 65.0 Å². The molecular formula is C18H16FN3OS. The summed E-state index contributed by atoms with van der Waals surface area (Å²) in [6, 6.07) is 12.2. The highest BCUT2D eigenvalue weighted by Gasteiger charge is 2.14. The molecule has 0 unspecified atom stereocenters.